The van der Waals surface area contributed by atoms with Gasteiger partial charge < -0.3 is 10.2 Å². The molecule has 112 valence electrons. The molecule has 0 spiro atoms. The van der Waals surface area contributed by atoms with Crippen LogP contribution in [0.2, 0.25) is 0 Å². The lowest BCUT2D eigenvalue weighted by Gasteiger charge is -2.20. The molecule has 0 aliphatic carbocycles. The van der Waals surface area contributed by atoms with Crippen LogP contribution in [0.5, 0.6) is 0 Å². The number of hydrogen-bond acceptors (Lipinski definition) is 2. The van der Waals surface area contributed by atoms with Crippen molar-refractivity contribution in [1.82, 2.24) is 5.32 Å². The summed E-state index contributed by atoms with van der Waals surface area (Å²) in [5.74, 6) is -0.529. The van der Waals surface area contributed by atoms with Gasteiger partial charge in [0.05, 0.1) is 0 Å². The van der Waals surface area contributed by atoms with Crippen LogP contribution < -0.4 is 10.2 Å². The molecule has 1 N–H and O–H groups in total. The Morgan fingerprint density at radius 1 is 1.10 bits per heavy atom. The molecule has 0 aliphatic heterocycles. The van der Waals surface area contributed by atoms with Crippen LogP contribution in [0.25, 0.3) is 0 Å². The molecule has 0 amide bonds. The summed E-state index contributed by atoms with van der Waals surface area (Å²) in [4.78, 5) is 1.83. The second-order valence-corrected chi connectivity index (χ2v) is 5.04. The molecule has 0 fully saturated rings. The quantitative estimate of drug-likeness (QED) is 0.872. The summed E-state index contributed by atoms with van der Waals surface area (Å²) in [6.07, 6.45) is 0. The fourth-order valence-electron chi connectivity index (χ4n) is 2.19. The number of benzene rings is 2. The summed E-state index contributed by atoms with van der Waals surface area (Å²) in [7, 11) is 1.82. The highest BCUT2D eigenvalue weighted by Crippen LogP contribution is 2.19. The van der Waals surface area contributed by atoms with Crippen molar-refractivity contribution < 1.29 is 8.78 Å². The Hall–Kier alpha value is -1.94. The van der Waals surface area contributed by atoms with Gasteiger partial charge in [-0.05, 0) is 42.4 Å². The van der Waals surface area contributed by atoms with Gasteiger partial charge in [0.15, 0.2) is 0 Å². The molecule has 21 heavy (non-hydrogen) atoms. The third-order valence-corrected chi connectivity index (χ3v) is 3.35. The standard InChI is InChI=1S/C17H20F2N2/c1-3-20-11-13-7-8-17(19)14(9-13)12-21(2)16-6-4-5-15(18)10-16/h4-10,20H,3,11-12H2,1-2H3. The van der Waals surface area contributed by atoms with Gasteiger partial charge in [0.1, 0.15) is 11.6 Å². The highest BCUT2D eigenvalue weighted by Gasteiger charge is 2.08. The Morgan fingerprint density at radius 2 is 1.90 bits per heavy atom. The van der Waals surface area contributed by atoms with Crippen LogP contribution in [0.4, 0.5) is 14.5 Å². The highest BCUT2D eigenvalue weighted by atomic mass is 19.1. The van der Waals surface area contributed by atoms with Crippen LogP contribution in [0, 0.1) is 11.6 Å². The average molecular weight is 290 g/mol. The molecule has 2 aromatic rings. The molecule has 2 nitrogen and oxygen atoms in total. The predicted octanol–water partition coefficient (Wildman–Crippen LogP) is 3.71. The van der Waals surface area contributed by atoms with E-state index in [4.69, 9.17) is 0 Å². The molecule has 2 aromatic carbocycles. The summed E-state index contributed by atoms with van der Waals surface area (Å²) in [5, 5.41) is 3.22. The van der Waals surface area contributed by atoms with Gasteiger partial charge in [0.25, 0.3) is 0 Å². The van der Waals surface area contributed by atoms with E-state index in [0.717, 1.165) is 17.8 Å². The van der Waals surface area contributed by atoms with Gasteiger partial charge in [-0.3, -0.25) is 0 Å². The van der Waals surface area contributed by atoms with Crippen molar-refractivity contribution in [2.75, 3.05) is 18.5 Å². The number of nitrogens with zero attached hydrogens (tertiary/aromatic N) is 1. The van der Waals surface area contributed by atoms with Crippen molar-refractivity contribution in [1.29, 1.82) is 0 Å². The minimum Gasteiger partial charge on any atom is -0.370 e. The van der Waals surface area contributed by atoms with Crippen molar-refractivity contribution in [2.24, 2.45) is 0 Å². The second kappa shape index (κ2) is 7.18. The molecule has 0 bridgehead atoms. The van der Waals surface area contributed by atoms with Gasteiger partial charge in [-0.25, -0.2) is 8.78 Å². The first-order valence-electron chi connectivity index (χ1n) is 7.05. The van der Waals surface area contributed by atoms with E-state index in [1.807, 2.05) is 31.0 Å². The number of rotatable bonds is 6. The van der Waals surface area contributed by atoms with E-state index in [-0.39, 0.29) is 11.6 Å². The van der Waals surface area contributed by atoms with E-state index < -0.39 is 0 Å². The van der Waals surface area contributed by atoms with E-state index in [2.05, 4.69) is 5.32 Å². The molecule has 2 rings (SSSR count). The minimum absolute atomic E-state index is 0.237. The maximum atomic E-state index is 13.9. The first-order chi connectivity index (χ1) is 10.1. The minimum atomic E-state index is -0.291. The van der Waals surface area contributed by atoms with Gasteiger partial charge in [0, 0.05) is 31.4 Å². The number of nitrogens with one attached hydrogen (secondary N) is 1. The molecule has 0 aromatic heterocycles. The smallest absolute Gasteiger partial charge is 0.128 e. The Morgan fingerprint density at radius 3 is 2.62 bits per heavy atom. The van der Waals surface area contributed by atoms with Gasteiger partial charge in [0.2, 0.25) is 0 Å². The normalized spacial score (nSPS) is 10.7. The number of anilines is 1. The molecular weight excluding hydrogens is 270 g/mol. The zero-order chi connectivity index (χ0) is 15.2. The topological polar surface area (TPSA) is 15.3 Å². The maximum Gasteiger partial charge on any atom is 0.128 e. The van der Waals surface area contributed by atoms with Gasteiger partial charge >= 0.3 is 0 Å². The van der Waals surface area contributed by atoms with Crippen molar-refractivity contribution in [3.8, 4) is 0 Å². The largest absolute Gasteiger partial charge is 0.370 e. The van der Waals surface area contributed by atoms with Crippen LogP contribution in [-0.2, 0) is 13.1 Å². The molecule has 0 atom stereocenters. The first kappa shape index (κ1) is 15.4. The van der Waals surface area contributed by atoms with E-state index in [1.54, 1.807) is 12.1 Å². The lowest BCUT2D eigenvalue weighted by Crippen LogP contribution is -2.18. The lowest BCUT2D eigenvalue weighted by atomic mass is 10.1. The SMILES string of the molecule is CCNCc1ccc(F)c(CN(C)c2cccc(F)c2)c1. The number of halogens is 2. The van der Waals surface area contributed by atoms with Gasteiger partial charge in [-0.15, -0.1) is 0 Å². The Labute approximate surface area is 124 Å². The van der Waals surface area contributed by atoms with Crippen LogP contribution in [-0.4, -0.2) is 13.6 Å². The third-order valence-electron chi connectivity index (χ3n) is 3.35. The van der Waals surface area contributed by atoms with Crippen molar-refractivity contribution in [2.45, 2.75) is 20.0 Å². The predicted molar refractivity (Wildman–Crippen MR) is 82.3 cm³/mol. The van der Waals surface area contributed by atoms with Crippen molar-refractivity contribution in [3.63, 3.8) is 0 Å². The molecule has 0 aliphatic rings. The zero-order valence-corrected chi connectivity index (χ0v) is 12.4. The van der Waals surface area contributed by atoms with Crippen molar-refractivity contribution >= 4 is 5.69 Å². The Balaban J connectivity index is 2.14. The van der Waals surface area contributed by atoms with Crippen LogP contribution in [0.3, 0.4) is 0 Å². The van der Waals surface area contributed by atoms with Crippen LogP contribution >= 0.6 is 0 Å². The molecular formula is C17H20F2N2. The zero-order valence-electron chi connectivity index (χ0n) is 12.4. The summed E-state index contributed by atoms with van der Waals surface area (Å²) < 4.78 is 27.2. The van der Waals surface area contributed by atoms with Gasteiger partial charge in [-0.2, -0.15) is 0 Å². The third kappa shape index (κ3) is 4.26. The fourth-order valence-corrected chi connectivity index (χ4v) is 2.19. The maximum absolute atomic E-state index is 13.9. The monoisotopic (exact) mass is 290 g/mol. The van der Waals surface area contributed by atoms with Gasteiger partial charge in [-0.1, -0.05) is 19.1 Å². The Bertz CT molecular complexity index is 599. The summed E-state index contributed by atoms with van der Waals surface area (Å²) >= 11 is 0. The summed E-state index contributed by atoms with van der Waals surface area (Å²) in [6, 6.07) is 11.4. The molecule has 0 heterocycles. The first-order valence-corrected chi connectivity index (χ1v) is 7.05. The molecule has 0 radical (unpaired) electrons. The lowest BCUT2D eigenvalue weighted by molar-refractivity contribution is 0.604. The van der Waals surface area contributed by atoms with Crippen LogP contribution in [0.1, 0.15) is 18.1 Å². The molecule has 4 heteroatoms. The van der Waals surface area contributed by atoms with E-state index in [1.165, 1.54) is 18.2 Å². The number of hydrogen-bond donors (Lipinski definition) is 1. The van der Waals surface area contributed by atoms with E-state index in [0.29, 0.717) is 18.7 Å². The fraction of sp³-hybridized carbons (Fsp3) is 0.294. The molecule has 0 saturated carbocycles. The average Bonchev–Trinajstić information content (AvgIpc) is 2.48. The molecule has 0 saturated heterocycles. The van der Waals surface area contributed by atoms with Crippen molar-refractivity contribution in [3.05, 3.63) is 65.2 Å². The van der Waals surface area contributed by atoms with E-state index >= 15 is 0 Å². The summed E-state index contributed by atoms with van der Waals surface area (Å²) in [6.45, 7) is 4.01. The summed E-state index contributed by atoms with van der Waals surface area (Å²) in [5.41, 5.74) is 2.38. The molecule has 0 unspecified atom stereocenters. The Kier molecular flexibility index (Phi) is 5.28. The van der Waals surface area contributed by atoms with Crippen LogP contribution in [0.15, 0.2) is 42.5 Å². The second-order valence-electron chi connectivity index (χ2n) is 5.04. The van der Waals surface area contributed by atoms with E-state index in [9.17, 15) is 8.78 Å². The highest BCUT2D eigenvalue weighted by molar-refractivity contribution is 5.46.